The number of nitrogens with zero attached hydrogens (tertiary/aromatic N) is 2. The molecule has 4 rings (SSSR count). The quantitative estimate of drug-likeness (QED) is 0.243. The number of aromatic nitrogens is 2. The van der Waals surface area contributed by atoms with Crippen LogP contribution >= 0.6 is 46.3 Å². The van der Waals surface area contributed by atoms with Crippen LogP contribution in [0.1, 0.15) is 29.7 Å². The summed E-state index contributed by atoms with van der Waals surface area (Å²) in [5.41, 5.74) is 4.29. The molecule has 8 heteroatoms. The van der Waals surface area contributed by atoms with Crippen LogP contribution in [0.5, 0.6) is 0 Å². The lowest BCUT2D eigenvalue weighted by Crippen LogP contribution is -1.98. The Morgan fingerprint density at radius 1 is 1.31 bits per heavy atom. The molecular weight excluding hydrogens is 447 g/mol. The smallest absolute Gasteiger partial charge is 0.303 e. The zero-order chi connectivity index (χ0) is 20.5. The predicted octanol–water partition coefficient (Wildman–Crippen LogP) is 6.71. The average molecular weight is 465 g/mol. The molecule has 29 heavy (non-hydrogen) atoms. The van der Waals surface area contributed by atoms with E-state index in [-0.39, 0.29) is 6.42 Å². The molecular formula is C21H18Cl2N2O2S2. The highest BCUT2D eigenvalue weighted by molar-refractivity contribution is 7.99. The first-order valence-electron chi connectivity index (χ1n) is 9.10. The van der Waals surface area contributed by atoms with Crippen molar-refractivity contribution in [3.8, 4) is 0 Å². The normalized spacial score (nSPS) is 11.6. The zero-order valence-electron chi connectivity index (χ0n) is 15.6. The molecule has 0 fully saturated rings. The van der Waals surface area contributed by atoms with Gasteiger partial charge in [0.1, 0.15) is 10.7 Å². The van der Waals surface area contributed by atoms with E-state index in [9.17, 15) is 4.79 Å². The standard InChI is InChI=1S/C21H18Cl2N2O2S2/c1-12-4-2-5-17-20(12)13(11-29-17)8-16-21(28-7-3-6-19(26)27)24-18-9-14(22)15(23)10-25(16)18/h2,4-5,9-11H,3,6-8H2,1H3,(H,26,27). The number of imidazole rings is 1. The van der Waals surface area contributed by atoms with Crippen molar-refractivity contribution in [2.24, 2.45) is 0 Å². The highest BCUT2D eigenvalue weighted by Crippen LogP contribution is 2.34. The highest BCUT2D eigenvalue weighted by Gasteiger charge is 2.17. The number of rotatable bonds is 7. The van der Waals surface area contributed by atoms with Gasteiger partial charge in [0.2, 0.25) is 0 Å². The van der Waals surface area contributed by atoms with Gasteiger partial charge in [-0.05, 0) is 41.3 Å². The Balaban J connectivity index is 1.74. The third-order valence-electron chi connectivity index (χ3n) is 4.74. The van der Waals surface area contributed by atoms with Gasteiger partial charge in [0.25, 0.3) is 0 Å². The van der Waals surface area contributed by atoms with Crippen LogP contribution in [0.15, 0.2) is 40.9 Å². The second-order valence-corrected chi connectivity index (χ2v) is 9.60. The van der Waals surface area contributed by atoms with Crippen LogP contribution in [0.4, 0.5) is 0 Å². The summed E-state index contributed by atoms with van der Waals surface area (Å²) >= 11 is 15.8. The van der Waals surface area contributed by atoms with Crippen molar-refractivity contribution in [3.63, 3.8) is 0 Å². The van der Waals surface area contributed by atoms with Crippen LogP contribution in [-0.4, -0.2) is 26.2 Å². The number of hydrogen-bond donors (Lipinski definition) is 1. The topological polar surface area (TPSA) is 54.6 Å². The predicted molar refractivity (Wildman–Crippen MR) is 122 cm³/mol. The fourth-order valence-corrected chi connectivity index (χ4v) is 5.70. The summed E-state index contributed by atoms with van der Waals surface area (Å²) < 4.78 is 3.26. The van der Waals surface area contributed by atoms with Crippen molar-refractivity contribution in [1.29, 1.82) is 0 Å². The fourth-order valence-electron chi connectivity index (χ4n) is 3.39. The number of thiophene rings is 1. The van der Waals surface area contributed by atoms with Crippen molar-refractivity contribution in [2.75, 3.05) is 5.75 Å². The van der Waals surface area contributed by atoms with Gasteiger partial charge in [0, 0.05) is 35.6 Å². The van der Waals surface area contributed by atoms with E-state index in [2.05, 4.69) is 30.5 Å². The number of aryl methyl sites for hydroxylation is 1. The highest BCUT2D eigenvalue weighted by atomic mass is 35.5. The van der Waals surface area contributed by atoms with Crippen molar-refractivity contribution < 1.29 is 9.90 Å². The van der Waals surface area contributed by atoms with Gasteiger partial charge >= 0.3 is 5.97 Å². The Kier molecular flexibility index (Phi) is 6.06. The number of hydrogen-bond acceptors (Lipinski definition) is 4. The second-order valence-electron chi connectivity index (χ2n) is 6.79. The van der Waals surface area contributed by atoms with Gasteiger partial charge < -0.3 is 9.51 Å². The number of fused-ring (bicyclic) bond motifs is 2. The Labute approximate surface area is 186 Å². The summed E-state index contributed by atoms with van der Waals surface area (Å²) in [6, 6.07) is 8.12. The first kappa shape index (κ1) is 20.5. The number of carboxylic acid groups (broad SMARTS) is 1. The maximum Gasteiger partial charge on any atom is 0.303 e. The van der Waals surface area contributed by atoms with Gasteiger partial charge in [0.05, 0.1) is 15.7 Å². The molecule has 1 N–H and O–H groups in total. The molecule has 3 heterocycles. The maximum absolute atomic E-state index is 10.8. The summed E-state index contributed by atoms with van der Waals surface area (Å²) in [7, 11) is 0. The van der Waals surface area contributed by atoms with E-state index in [1.165, 1.54) is 21.2 Å². The number of thioether (sulfide) groups is 1. The molecule has 0 atom stereocenters. The lowest BCUT2D eigenvalue weighted by Gasteiger charge is -2.07. The van der Waals surface area contributed by atoms with Crippen LogP contribution in [0.2, 0.25) is 10.0 Å². The Bertz CT molecular complexity index is 1220. The Morgan fingerprint density at radius 2 is 2.14 bits per heavy atom. The molecule has 1 aromatic carbocycles. The summed E-state index contributed by atoms with van der Waals surface area (Å²) in [6.07, 6.45) is 3.27. The minimum atomic E-state index is -0.778. The number of carboxylic acids is 1. The first-order valence-corrected chi connectivity index (χ1v) is 11.7. The number of aliphatic carboxylic acids is 1. The number of pyridine rings is 1. The van der Waals surface area contributed by atoms with E-state index in [0.717, 1.165) is 16.4 Å². The van der Waals surface area contributed by atoms with Crippen LogP contribution in [0.3, 0.4) is 0 Å². The van der Waals surface area contributed by atoms with E-state index < -0.39 is 5.97 Å². The van der Waals surface area contributed by atoms with Gasteiger partial charge in [-0.25, -0.2) is 4.98 Å². The molecule has 0 saturated heterocycles. The van der Waals surface area contributed by atoms with E-state index in [1.54, 1.807) is 29.2 Å². The lowest BCUT2D eigenvalue weighted by atomic mass is 10.0. The molecule has 0 aliphatic rings. The number of benzene rings is 1. The zero-order valence-corrected chi connectivity index (χ0v) is 18.8. The van der Waals surface area contributed by atoms with Crippen LogP contribution in [0.25, 0.3) is 15.7 Å². The van der Waals surface area contributed by atoms with Gasteiger partial charge in [-0.2, -0.15) is 0 Å². The molecule has 0 spiro atoms. The lowest BCUT2D eigenvalue weighted by molar-refractivity contribution is -0.137. The fraction of sp³-hybridized carbons (Fsp3) is 0.238. The molecule has 0 unspecified atom stereocenters. The van der Waals surface area contributed by atoms with Crippen LogP contribution in [-0.2, 0) is 11.2 Å². The van der Waals surface area contributed by atoms with Crippen LogP contribution < -0.4 is 0 Å². The van der Waals surface area contributed by atoms with Crippen molar-refractivity contribution in [2.45, 2.75) is 31.2 Å². The van der Waals surface area contributed by atoms with Crippen molar-refractivity contribution in [3.05, 3.63) is 62.7 Å². The first-order chi connectivity index (χ1) is 13.9. The van der Waals surface area contributed by atoms with E-state index in [4.69, 9.17) is 33.3 Å². The van der Waals surface area contributed by atoms with E-state index in [0.29, 0.717) is 28.6 Å². The minimum Gasteiger partial charge on any atom is -0.481 e. The summed E-state index contributed by atoms with van der Waals surface area (Å²) in [4.78, 5) is 15.6. The largest absolute Gasteiger partial charge is 0.481 e. The monoisotopic (exact) mass is 464 g/mol. The van der Waals surface area contributed by atoms with Crippen molar-refractivity contribution >= 4 is 68.0 Å². The molecule has 150 valence electrons. The van der Waals surface area contributed by atoms with E-state index >= 15 is 0 Å². The molecule has 4 aromatic rings. The SMILES string of the molecule is Cc1cccc2scc(Cc3c(SCCCC(=O)O)nc4cc(Cl)c(Cl)cn34)c12. The Hall–Kier alpha value is -1.73. The van der Waals surface area contributed by atoms with Gasteiger partial charge in [-0.3, -0.25) is 4.79 Å². The molecule has 0 aliphatic carbocycles. The number of carbonyl (C=O) groups is 1. The summed E-state index contributed by atoms with van der Waals surface area (Å²) in [6.45, 7) is 2.13. The van der Waals surface area contributed by atoms with Crippen molar-refractivity contribution in [1.82, 2.24) is 9.38 Å². The maximum atomic E-state index is 10.8. The molecule has 4 nitrogen and oxygen atoms in total. The van der Waals surface area contributed by atoms with Gasteiger partial charge in [-0.1, -0.05) is 35.3 Å². The molecule has 3 aromatic heterocycles. The summed E-state index contributed by atoms with van der Waals surface area (Å²) in [5, 5.41) is 14.2. The third-order valence-corrected chi connectivity index (χ3v) is 7.54. The molecule has 0 amide bonds. The summed E-state index contributed by atoms with van der Waals surface area (Å²) in [5.74, 6) is -0.0896. The second kappa shape index (κ2) is 8.56. The minimum absolute atomic E-state index is 0.154. The molecule has 0 saturated carbocycles. The average Bonchev–Trinajstić information content (AvgIpc) is 3.22. The van der Waals surface area contributed by atoms with Gasteiger partial charge in [-0.15, -0.1) is 23.1 Å². The molecule has 0 bridgehead atoms. The third kappa shape index (κ3) is 4.26. The van der Waals surface area contributed by atoms with E-state index in [1.807, 2.05) is 10.6 Å². The molecule has 0 radical (unpaired) electrons. The van der Waals surface area contributed by atoms with Crippen LogP contribution in [0, 0.1) is 6.92 Å². The number of halogens is 2. The molecule has 0 aliphatic heterocycles. The Morgan fingerprint density at radius 3 is 2.93 bits per heavy atom. The van der Waals surface area contributed by atoms with Gasteiger partial charge in [0.15, 0.2) is 0 Å².